The lowest BCUT2D eigenvalue weighted by molar-refractivity contribution is -0.127. The highest BCUT2D eigenvalue weighted by Gasteiger charge is 2.14. The van der Waals surface area contributed by atoms with Crippen LogP contribution < -0.4 is 5.32 Å². The highest BCUT2D eigenvalue weighted by atomic mass is 16.2. The van der Waals surface area contributed by atoms with E-state index in [0.717, 1.165) is 36.9 Å². The lowest BCUT2D eigenvalue weighted by atomic mass is 10.0. The van der Waals surface area contributed by atoms with Crippen molar-refractivity contribution in [2.24, 2.45) is 0 Å². The van der Waals surface area contributed by atoms with Gasteiger partial charge in [-0.25, -0.2) is 0 Å². The molecule has 0 spiro atoms. The van der Waals surface area contributed by atoms with Crippen molar-refractivity contribution >= 4 is 17.4 Å². The molecule has 0 aliphatic rings. The van der Waals surface area contributed by atoms with Crippen molar-refractivity contribution in [2.45, 2.75) is 59.3 Å². The van der Waals surface area contributed by atoms with E-state index >= 15 is 0 Å². The summed E-state index contributed by atoms with van der Waals surface area (Å²) in [5, 5.41) is 2.96. The fourth-order valence-electron chi connectivity index (χ4n) is 2.40. The van der Waals surface area contributed by atoms with Gasteiger partial charge in [-0.2, -0.15) is 0 Å². The molecule has 1 rings (SSSR count). The second-order valence-electron chi connectivity index (χ2n) is 5.42. The third-order valence-electron chi connectivity index (χ3n) is 3.70. The first-order valence-electron chi connectivity index (χ1n) is 8.21. The molecule has 0 radical (unpaired) electrons. The van der Waals surface area contributed by atoms with Crippen molar-refractivity contribution in [1.82, 2.24) is 5.32 Å². The standard InChI is InChI=1S/C19H27NO2/c1-4-7-13-17(21)14-18(22)20-19(15(5-2)6-3)16-11-9-8-10-12-16/h8-12H,4-7,13-14H2,1-3H3,(H,20,22). The molecular formula is C19H27NO2. The second kappa shape index (κ2) is 9.93. The van der Waals surface area contributed by atoms with Gasteiger partial charge in [0.05, 0.1) is 6.42 Å². The number of allylic oxidation sites excluding steroid dienone is 1. The molecule has 0 aliphatic carbocycles. The van der Waals surface area contributed by atoms with Crippen LogP contribution in [0.4, 0.5) is 0 Å². The Morgan fingerprint density at radius 3 is 2.18 bits per heavy atom. The molecule has 22 heavy (non-hydrogen) atoms. The van der Waals surface area contributed by atoms with Gasteiger partial charge in [0.2, 0.25) is 5.91 Å². The van der Waals surface area contributed by atoms with Crippen LogP contribution in [0.3, 0.4) is 0 Å². The Balaban J connectivity index is 2.85. The van der Waals surface area contributed by atoms with Crippen LogP contribution in [0.15, 0.2) is 35.9 Å². The second-order valence-corrected chi connectivity index (χ2v) is 5.42. The Labute approximate surface area is 133 Å². The summed E-state index contributed by atoms with van der Waals surface area (Å²) in [4.78, 5) is 23.9. The van der Waals surface area contributed by atoms with Crippen molar-refractivity contribution < 1.29 is 9.59 Å². The molecule has 0 saturated carbocycles. The molecule has 0 atom stereocenters. The summed E-state index contributed by atoms with van der Waals surface area (Å²) in [6.45, 7) is 6.21. The van der Waals surface area contributed by atoms with Crippen LogP contribution in [-0.2, 0) is 9.59 Å². The minimum absolute atomic E-state index is 0.0151. The van der Waals surface area contributed by atoms with E-state index in [1.165, 1.54) is 5.57 Å². The number of ketones is 1. The van der Waals surface area contributed by atoms with Crippen LogP contribution in [-0.4, -0.2) is 11.7 Å². The molecule has 0 fully saturated rings. The van der Waals surface area contributed by atoms with Gasteiger partial charge in [0.25, 0.3) is 0 Å². The molecule has 3 heteroatoms. The van der Waals surface area contributed by atoms with Crippen molar-refractivity contribution in [2.75, 3.05) is 0 Å². The maximum absolute atomic E-state index is 12.2. The van der Waals surface area contributed by atoms with Crippen LogP contribution >= 0.6 is 0 Å². The van der Waals surface area contributed by atoms with Crippen LogP contribution in [0.2, 0.25) is 0 Å². The van der Waals surface area contributed by atoms with E-state index in [1.807, 2.05) is 37.3 Å². The predicted octanol–water partition coefficient (Wildman–Crippen LogP) is 4.48. The van der Waals surface area contributed by atoms with E-state index in [4.69, 9.17) is 0 Å². The Morgan fingerprint density at radius 2 is 1.64 bits per heavy atom. The van der Waals surface area contributed by atoms with E-state index in [1.54, 1.807) is 0 Å². The number of rotatable bonds is 9. The first-order valence-corrected chi connectivity index (χ1v) is 8.21. The van der Waals surface area contributed by atoms with Crippen LogP contribution in [0, 0.1) is 0 Å². The van der Waals surface area contributed by atoms with Gasteiger partial charge in [0.15, 0.2) is 0 Å². The molecule has 120 valence electrons. The minimum Gasteiger partial charge on any atom is -0.325 e. The maximum atomic E-state index is 12.2. The Bertz CT molecular complexity index is 511. The molecule has 0 saturated heterocycles. The van der Waals surface area contributed by atoms with Gasteiger partial charge in [-0.3, -0.25) is 9.59 Å². The third-order valence-corrected chi connectivity index (χ3v) is 3.70. The van der Waals surface area contributed by atoms with Crippen molar-refractivity contribution in [3.05, 3.63) is 41.5 Å². The molecule has 1 aromatic rings. The molecule has 0 aliphatic heterocycles. The Morgan fingerprint density at radius 1 is 1.00 bits per heavy atom. The Hall–Kier alpha value is -1.90. The normalized spacial score (nSPS) is 10.1. The number of amides is 1. The number of nitrogens with one attached hydrogen (secondary N) is 1. The van der Waals surface area contributed by atoms with E-state index in [9.17, 15) is 9.59 Å². The fourth-order valence-corrected chi connectivity index (χ4v) is 2.40. The third kappa shape index (κ3) is 5.84. The van der Waals surface area contributed by atoms with Gasteiger partial charge in [-0.15, -0.1) is 0 Å². The maximum Gasteiger partial charge on any atom is 0.231 e. The lowest BCUT2D eigenvalue weighted by Crippen LogP contribution is -2.25. The molecule has 1 aromatic carbocycles. The van der Waals surface area contributed by atoms with Crippen LogP contribution in [0.1, 0.15) is 64.9 Å². The summed E-state index contributed by atoms with van der Waals surface area (Å²) in [7, 11) is 0. The van der Waals surface area contributed by atoms with E-state index in [0.29, 0.717) is 6.42 Å². The highest BCUT2D eigenvalue weighted by Crippen LogP contribution is 2.21. The lowest BCUT2D eigenvalue weighted by Gasteiger charge is -2.15. The summed E-state index contributed by atoms with van der Waals surface area (Å²) in [6.07, 6.45) is 4.04. The van der Waals surface area contributed by atoms with Gasteiger partial charge >= 0.3 is 0 Å². The molecular weight excluding hydrogens is 274 g/mol. The van der Waals surface area contributed by atoms with Gasteiger partial charge in [-0.05, 0) is 30.4 Å². The SMILES string of the molecule is CCCCC(=O)CC(=O)NC(=C(CC)CC)c1ccccc1. The van der Waals surface area contributed by atoms with Gasteiger partial charge in [0.1, 0.15) is 5.78 Å². The van der Waals surface area contributed by atoms with Gasteiger partial charge in [0, 0.05) is 12.1 Å². The molecule has 1 amide bonds. The van der Waals surface area contributed by atoms with Crippen molar-refractivity contribution in [3.63, 3.8) is 0 Å². The van der Waals surface area contributed by atoms with Gasteiger partial charge < -0.3 is 5.32 Å². The number of hydrogen-bond acceptors (Lipinski definition) is 2. The topological polar surface area (TPSA) is 46.2 Å². The summed E-state index contributed by atoms with van der Waals surface area (Å²) < 4.78 is 0. The molecule has 0 heterocycles. The number of carbonyl (C=O) groups excluding carboxylic acids is 2. The van der Waals surface area contributed by atoms with Crippen LogP contribution in [0.25, 0.3) is 5.70 Å². The molecule has 0 bridgehead atoms. The number of unbranched alkanes of at least 4 members (excludes halogenated alkanes) is 1. The quantitative estimate of drug-likeness (QED) is 0.683. The fraction of sp³-hybridized carbons (Fsp3) is 0.474. The monoisotopic (exact) mass is 301 g/mol. The predicted molar refractivity (Wildman–Crippen MR) is 91.2 cm³/mol. The van der Waals surface area contributed by atoms with Gasteiger partial charge in [-0.1, -0.05) is 57.5 Å². The molecule has 0 unspecified atom stereocenters. The summed E-state index contributed by atoms with van der Waals surface area (Å²) in [6, 6.07) is 9.84. The van der Waals surface area contributed by atoms with Crippen LogP contribution in [0.5, 0.6) is 0 Å². The molecule has 0 aromatic heterocycles. The van der Waals surface area contributed by atoms with Crippen molar-refractivity contribution in [3.8, 4) is 0 Å². The van der Waals surface area contributed by atoms with E-state index in [-0.39, 0.29) is 18.1 Å². The molecule has 1 N–H and O–H groups in total. The molecule has 3 nitrogen and oxygen atoms in total. The first-order chi connectivity index (χ1) is 10.6. The highest BCUT2D eigenvalue weighted by molar-refractivity contribution is 6.01. The van der Waals surface area contributed by atoms with E-state index in [2.05, 4.69) is 19.2 Å². The zero-order chi connectivity index (χ0) is 16.4. The zero-order valence-electron chi connectivity index (χ0n) is 13.9. The number of benzene rings is 1. The first kappa shape index (κ1) is 18.1. The minimum atomic E-state index is -0.209. The summed E-state index contributed by atoms with van der Waals surface area (Å²) in [5.41, 5.74) is 3.05. The zero-order valence-corrected chi connectivity index (χ0v) is 13.9. The largest absolute Gasteiger partial charge is 0.325 e. The average molecular weight is 301 g/mol. The number of Topliss-reactive ketones (excluding diaryl/α,β-unsaturated/α-hetero) is 1. The average Bonchev–Trinajstić information content (AvgIpc) is 2.53. The summed E-state index contributed by atoms with van der Waals surface area (Å²) in [5.74, 6) is -0.194. The number of carbonyl (C=O) groups is 2. The summed E-state index contributed by atoms with van der Waals surface area (Å²) >= 11 is 0. The number of hydrogen-bond donors (Lipinski definition) is 1. The van der Waals surface area contributed by atoms with Crippen molar-refractivity contribution in [1.29, 1.82) is 0 Å². The smallest absolute Gasteiger partial charge is 0.231 e. The van der Waals surface area contributed by atoms with E-state index < -0.39 is 0 Å². The Kier molecular flexibility index (Phi) is 8.19.